The van der Waals surface area contributed by atoms with E-state index in [1.54, 1.807) is 14.2 Å². The van der Waals surface area contributed by atoms with E-state index >= 15 is 0 Å². The van der Waals surface area contributed by atoms with Crippen LogP contribution >= 0.6 is 0 Å². The number of hydrogen-bond donors (Lipinski definition) is 2. The van der Waals surface area contributed by atoms with Gasteiger partial charge in [-0.2, -0.15) is 0 Å². The fourth-order valence-electron chi connectivity index (χ4n) is 4.35. The molecule has 0 aromatic heterocycles. The molecular formula is C25H28N2O2. The summed E-state index contributed by atoms with van der Waals surface area (Å²) in [6.07, 6.45) is 0.874. The molecular weight excluding hydrogens is 360 g/mol. The molecule has 4 unspecified atom stereocenters. The summed E-state index contributed by atoms with van der Waals surface area (Å²) in [6, 6.07) is 27.5. The van der Waals surface area contributed by atoms with E-state index in [9.17, 15) is 0 Å². The van der Waals surface area contributed by atoms with Crippen LogP contribution in [0.15, 0.2) is 78.9 Å². The van der Waals surface area contributed by atoms with Crippen molar-refractivity contribution in [2.75, 3.05) is 14.2 Å². The minimum atomic E-state index is 0.0397. The summed E-state index contributed by atoms with van der Waals surface area (Å²) in [5.41, 5.74) is 10.5. The van der Waals surface area contributed by atoms with Crippen LogP contribution in [0.1, 0.15) is 41.1 Å². The van der Waals surface area contributed by atoms with Crippen LogP contribution in [0.25, 0.3) is 0 Å². The fraction of sp³-hybridized carbons (Fsp3) is 0.280. The molecule has 1 fully saturated rings. The molecule has 0 aliphatic carbocycles. The zero-order valence-corrected chi connectivity index (χ0v) is 16.9. The van der Waals surface area contributed by atoms with E-state index in [2.05, 4.69) is 53.8 Å². The first-order valence-electron chi connectivity index (χ1n) is 10.0. The monoisotopic (exact) mass is 388 g/mol. The summed E-state index contributed by atoms with van der Waals surface area (Å²) in [4.78, 5) is 0. The largest absolute Gasteiger partial charge is 0.497 e. The Morgan fingerprint density at radius 1 is 0.724 bits per heavy atom. The van der Waals surface area contributed by atoms with Crippen LogP contribution in [0.4, 0.5) is 0 Å². The average molecular weight is 389 g/mol. The van der Waals surface area contributed by atoms with Crippen molar-refractivity contribution in [3.8, 4) is 11.5 Å². The minimum absolute atomic E-state index is 0.0397. The molecule has 3 aromatic rings. The molecule has 3 aromatic carbocycles. The minimum Gasteiger partial charge on any atom is -0.497 e. The van der Waals surface area contributed by atoms with E-state index in [0.717, 1.165) is 17.9 Å². The standard InChI is InChI=1S/C25H28N2O2/c1-28-20-12-8-17(9-13-20)23-16-22(26)24(18-6-4-3-5-7-18)25(27-23)19-10-14-21(29-2)15-11-19/h3-15,22-25,27H,16,26H2,1-2H3. The van der Waals surface area contributed by atoms with Gasteiger partial charge in [-0.3, -0.25) is 0 Å². The third-order valence-electron chi connectivity index (χ3n) is 5.89. The molecule has 4 rings (SSSR count). The van der Waals surface area contributed by atoms with Crippen LogP contribution in [0.2, 0.25) is 0 Å². The van der Waals surface area contributed by atoms with Crippen LogP contribution in [-0.4, -0.2) is 20.3 Å². The van der Waals surface area contributed by atoms with Gasteiger partial charge in [0.05, 0.1) is 14.2 Å². The SMILES string of the molecule is COc1ccc(C2CC(N)C(c3ccccc3)C(c3ccc(OC)cc3)N2)cc1. The fourth-order valence-corrected chi connectivity index (χ4v) is 4.35. The molecule has 0 radical (unpaired) electrons. The zero-order valence-electron chi connectivity index (χ0n) is 16.9. The van der Waals surface area contributed by atoms with Crippen LogP contribution in [0.3, 0.4) is 0 Å². The maximum atomic E-state index is 6.79. The Kier molecular flexibility index (Phi) is 5.84. The molecule has 0 amide bonds. The molecule has 4 nitrogen and oxygen atoms in total. The summed E-state index contributed by atoms with van der Waals surface area (Å²) in [5, 5.41) is 3.88. The Balaban J connectivity index is 1.69. The smallest absolute Gasteiger partial charge is 0.118 e. The average Bonchev–Trinajstić information content (AvgIpc) is 2.79. The number of rotatable bonds is 5. The van der Waals surface area contributed by atoms with Gasteiger partial charge in [-0.1, -0.05) is 54.6 Å². The summed E-state index contributed by atoms with van der Waals surface area (Å²) in [6.45, 7) is 0. The van der Waals surface area contributed by atoms with E-state index < -0.39 is 0 Å². The first-order chi connectivity index (χ1) is 14.2. The van der Waals surface area contributed by atoms with Gasteiger partial charge in [-0.05, 0) is 47.4 Å². The molecule has 1 heterocycles. The van der Waals surface area contributed by atoms with Crippen molar-refractivity contribution in [3.05, 3.63) is 95.6 Å². The number of piperidine rings is 1. The van der Waals surface area contributed by atoms with Gasteiger partial charge in [0, 0.05) is 24.0 Å². The predicted molar refractivity (Wildman–Crippen MR) is 116 cm³/mol. The molecule has 3 N–H and O–H groups in total. The molecule has 0 saturated carbocycles. The highest BCUT2D eigenvalue weighted by atomic mass is 16.5. The van der Waals surface area contributed by atoms with Crippen LogP contribution in [0.5, 0.6) is 11.5 Å². The number of nitrogens with one attached hydrogen (secondary N) is 1. The second-order valence-electron chi connectivity index (χ2n) is 7.58. The second kappa shape index (κ2) is 8.68. The van der Waals surface area contributed by atoms with Crippen molar-refractivity contribution < 1.29 is 9.47 Å². The van der Waals surface area contributed by atoms with Gasteiger partial charge >= 0.3 is 0 Å². The number of methoxy groups -OCH3 is 2. The summed E-state index contributed by atoms with van der Waals surface area (Å²) >= 11 is 0. The molecule has 0 bridgehead atoms. The van der Waals surface area contributed by atoms with Gasteiger partial charge < -0.3 is 20.5 Å². The van der Waals surface area contributed by atoms with Crippen molar-refractivity contribution in [1.29, 1.82) is 0 Å². The molecule has 0 spiro atoms. The van der Waals surface area contributed by atoms with Gasteiger partial charge in [0.1, 0.15) is 11.5 Å². The maximum Gasteiger partial charge on any atom is 0.118 e. The van der Waals surface area contributed by atoms with Crippen LogP contribution < -0.4 is 20.5 Å². The number of hydrogen-bond acceptors (Lipinski definition) is 4. The highest BCUT2D eigenvalue weighted by Gasteiger charge is 2.37. The Labute approximate surface area is 172 Å². The maximum absolute atomic E-state index is 6.79. The van der Waals surface area contributed by atoms with Crippen molar-refractivity contribution in [2.24, 2.45) is 5.73 Å². The van der Waals surface area contributed by atoms with Crippen molar-refractivity contribution in [1.82, 2.24) is 5.32 Å². The molecule has 1 saturated heterocycles. The van der Waals surface area contributed by atoms with Crippen molar-refractivity contribution in [2.45, 2.75) is 30.5 Å². The lowest BCUT2D eigenvalue weighted by atomic mass is 9.75. The molecule has 150 valence electrons. The van der Waals surface area contributed by atoms with Gasteiger partial charge in [-0.25, -0.2) is 0 Å². The highest BCUT2D eigenvalue weighted by molar-refractivity contribution is 5.36. The topological polar surface area (TPSA) is 56.5 Å². The zero-order chi connectivity index (χ0) is 20.2. The molecule has 4 atom stereocenters. The van der Waals surface area contributed by atoms with Crippen molar-refractivity contribution in [3.63, 3.8) is 0 Å². The first kappa shape index (κ1) is 19.5. The summed E-state index contributed by atoms with van der Waals surface area (Å²) < 4.78 is 10.7. The number of ether oxygens (including phenoxy) is 2. The van der Waals surface area contributed by atoms with E-state index in [1.807, 2.05) is 30.3 Å². The predicted octanol–water partition coefficient (Wildman–Crippen LogP) is 4.59. The van der Waals surface area contributed by atoms with Gasteiger partial charge in [0.25, 0.3) is 0 Å². The quantitative estimate of drug-likeness (QED) is 0.671. The summed E-state index contributed by atoms with van der Waals surface area (Å²) in [7, 11) is 3.38. The Morgan fingerprint density at radius 3 is 1.83 bits per heavy atom. The Morgan fingerprint density at radius 2 is 1.28 bits per heavy atom. The van der Waals surface area contributed by atoms with Crippen LogP contribution in [-0.2, 0) is 0 Å². The molecule has 1 aliphatic heterocycles. The third-order valence-corrected chi connectivity index (χ3v) is 5.89. The van der Waals surface area contributed by atoms with E-state index in [4.69, 9.17) is 15.2 Å². The van der Waals surface area contributed by atoms with Crippen LogP contribution in [0, 0.1) is 0 Å². The van der Waals surface area contributed by atoms with Gasteiger partial charge in [0.2, 0.25) is 0 Å². The lowest BCUT2D eigenvalue weighted by Crippen LogP contribution is -2.47. The van der Waals surface area contributed by atoms with E-state index in [1.165, 1.54) is 16.7 Å². The Hall–Kier alpha value is -2.82. The van der Waals surface area contributed by atoms with Gasteiger partial charge in [-0.15, -0.1) is 0 Å². The number of benzene rings is 3. The van der Waals surface area contributed by atoms with E-state index in [-0.39, 0.29) is 24.0 Å². The molecule has 29 heavy (non-hydrogen) atoms. The second-order valence-corrected chi connectivity index (χ2v) is 7.58. The van der Waals surface area contributed by atoms with E-state index in [0.29, 0.717) is 0 Å². The highest BCUT2D eigenvalue weighted by Crippen LogP contribution is 2.42. The lowest BCUT2D eigenvalue weighted by molar-refractivity contribution is 0.257. The number of nitrogens with two attached hydrogens (primary N) is 1. The molecule has 1 aliphatic rings. The first-order valence-corrected chi connectivity index (χ1v) is 10.0. The lowest BCUT2D eigenvalue weighted by Gasteiger charge is -2.42. The van der Waals surface area contributed by atoms with Crippen molar-refractivity contribution >= 4 is 0 Å². The third kappa shape index (κ3) is 4.14. The summed E-state index contributed by atoms with van der Waals surface area (Å²) in [5.74, 6) is 1.92. The van der Waals surface area contributed by atoms with Gasteiger partial charge in [0.15, 0.2) is 0 Å². The molecule has 4 heteroatoms. The Bertz CT molecular complexity index is 910. The normalized spacial score (nSPS) is 24.1.